The summed E-state index contributed by atoms with van der Waals surface area (Å²) in [6, 6.07) is 15.3. The van der Waals surface area contributed by atoms with E-state index < -0.39 is 0 Å². The number of aliphatic hydroxyl groups is 1. The lowest BCUT2D eigenvalue weighted by molar-refractivity contribution is 0.343. The van der Waals surface area contributed by atoms with Crippen LogP contribution in [0.5, 0.6) is 0 Å². The Hall–Kier alpha value is -1.54. The fraction of sp³-hybridized carbons (Fsp3) is 0.0588. The fourth-order valence-electron chi connectivity index (χ4n) is 1.84. The second kappa shape index (κ2) is 7.30. The Balaban J connectivity index is 2.44. The third-order valence-corrected chi connectivity index (χ3v) is 3.32. The molecule has 0 fully saturated rings. The van der Waals surface area contributed by atoms with Crippen molar-refractivity contribution in [3.8, 4) is 0 Å². The van der Waals surface area contributed by atoms with Gasteiger partial charge in [-0.1, -0.05) is 65.7 Å². The average molecular weight is 305 g/mol. The van der Waals surface area contributed by atoms with E-state index in [0.29, 0.717) is 10.0 Å². The third-order valence-electron chi connectivity index (χ3n) is 2.81. The maximum absolute atomic E-state index is 8.84. The number of hydrogen-bond acceptors (Lipinski definition) is 1. The highest BCUT2D eigenvalue weighted by Gasteiger charge is 2.04. The molecule has 0 aliphatic carbocycles. The van der Waals surface area contributed by atoms with Crippen molar-refractivity contribution >= 4 is 28.8 Å². The van der Waals surface area contributed by atoms with Gasteiger partial charge in [0, 0.05) is 10.0 Å². The number of aliphatic hydroxyl groups excluding tert-OH is 1. The molecule has 1 nitrogen and oxygen atoms in total. The normalized spacial score (nSPS) is 10.8. The van der Waals surface area contributed by atoms with Crippen LogP contribution in [0.1, 0.15) is 11.1 Å². The van der Waals surface area contributed by atoms with Crippen LogP contribution in [-0.4, -0.2) is 11.7 Å². The maximum Gasteiger partial charge on any atom is 0.0615 e. The molecule has 20 heavy (non-hydrogen) atoms. The summed E-state index contributed by atoms with van der Waals surface area (Å²) in [5.74, 6) is 0. The first kappa shape index (κ1) is 14.9. The zero-order valence-electron chi connectivity index (χ0n) is 10.8. The van der Waals surface area contributed by atoms with Crippen LogP contribution in [0.15, 0.2) is 66.8 Å². The van der Waals surface area contributed by atoms with E-state index in [9.17, 15) is 0 Å². The van der Waals surface area contributed by atoms with E-state index in [-0.39, 0.29) is 6.61 Å². The van der Waals surface area contributed by atoms with Gasteiger partial charge in [0.2, 0.25) is 0 Å². The van der Waals surface area contributed by atoms with Crippen molar-refractivity contribution in [3.63, 3.8) is 0 Å². The molecular formula is C17H14Cl2O. The van der Waals surface area contributed by atoms with Gasteiger partial charge in [-0.3, -0.25) is 0 Å². The minimum atomic E-state index is 0.0189. The lowest BCUT2D eigenvalue weighted by atomic mass is 9.97. The highest BCUT2D eigenvalue weighted by atomic mass is 35.5. The highest BCUT2D eigenvalue weighted by molar-refractivity contribution is 6.31. The largest absolute Gasteiger partial charge is 0.392 e. The Labute approximate surface area is 128 Å². The smallest absolute Gasteiger partial charge is 0.0615 e. The van der Waals surface area contributed by atoms with Gasteiger partial charge in [0.1, 0.15) is 0 Å². The van der Waals surface area contributed by atoms with Crippen LogP contribution in [0.3, 0.4) is 0 Å². The summed E-state index contributed by atoms with van der Waals surface area (Å²) < 4.78 is 0. The molecule has 1 N–H and O–H groups in total. The van der Waals surface area contributed by atoms with E-state index in [1.165, 1.54) is 0 Å². The molecule has 0 saturated carbocycles. The van der Waals surface area contributed by atoms with Crippen molar-refractivity contribution in [2.75, 3.05) is 6.61 Å². The molecule has 0 atom stereocenters. The van der Waals surface area contributed by atoms with Crippen molar-refractivity contribution in [3.05, 3.63) is 87.9 Å². The Morgan fingerprint density at radius 2 is 1.30 bits per heavy atom. The minimum Gasteiger partial charge on any atom is -0.392 e. The van der Waals surface area contributed by atoms with Crippen LogP contribution < -0.4 is 0 Å². The zero-order chi connectivity index (χ0) is 14.4. The molecule has 0 spiro atoms. The first-order chi connectivity index (χ1) is 9.70. The molecule has 0 aliphatic heterocycles. The standard InChI is InChI=1S/C17H14Cl2O/c18-15-8-4-13(5-9-15)17(3-1-2-12-20)14-6-10-16(19)11-7-14/h1-11,20H,12H2/b2-1+. The number of allylic oxidation sites excluding steroid dienone is 2. The van der Waals surface area contributed by atoms with Gasteiger partial charge in [-0.05, 0) is 41.0 Å². The SMILES string of the molecule is OC/C=C/C=C(c1ccc(Cl)cc1)c1ccc(Cl)cc1. The van der Waals surface area contributed by atoms with Crippen molar-refractivity contribution in [2.24, 2.45) is 0 Å². The van der Waals surface area contributed by atoms with Crippen LogP contribution in [0.25, 0.3) is 5.57 Å². The molecule has 3 heteroatoms. The van der Waals surface area contributed by atoms with E-state index in [0.717, 1.165) is 16.7 Å². The van der Waals surface area contributed by atoms with Gasteiger partial charge in [-0.2, -0.15) is 0 Å². The monoisotopic (exact) mass is 304 g/mol. The maximum atomic E-state index is 8.84. The van der Waals surface area contributed by atoms with Crippen LogP contribution in [0.4, 0.5) is 0 Å². The summed E-state index contributed by atoms with van der Waals surface area (Å²) in [5.41, 5.74) is 3.15. The first-order valence-electron chi connectivity index (χ1n) is 6.20. The van der Waals surface area contributed by atoms with Gasteiger partial charge in [-0.15, -0.1) is 0 Å². The van der Waals surface area contributed by atoms with Crippen LogP contribution in [0.2, 0.25) is 10.0 Å². The number of hydrogen-bond donors (Lipinski definition) is 1. The highest BCUT2D eigenvalue weighted by Crippen LogP contribution is 2.26. The van der Waals surface area contributed by atoms with Crippen molar-refractivity contribution < 1.29 is 5.11 Å². The summed E-state index contributed by atoms with van der Waals surface area (Å²) >= 11 is 11.9. The predicted octanol–water partition coefficient (Wildman–Crippen LogP) is 4.97. The van der Waals surface area contributed by atoms with Gasteiger partial charge in [0.15, 0.2) is 0 Å². The average Bonchev–Trinajstić information content (AvgIpc) is 2.46. The van der Waals surface area contributed by atoms with Crippen molar-refractivity contribution in [1.29, 1.82) is 0 Å². The summed E-state index contributed by atoms with van der Waals surface area (Å²) in [5, 5.41) is 10.2. The second-order valence-electron chi connectivity index (χ2n) is 4.20. The number of rotatable bonds is 4. The van der Waals surface area contributed by atoms with Gasteiger partial charge >= 0.3 is 0 Å². The predicted molar refractivity (Wildman–Crippen MR) is 86.2 cm³/mol. The molecule has 0 radical (unpaired) electrons. The van der Waals surface area contributed by atoms with Crippen molar-refractivity contribution in [1.82, 2.24) is 0 Å². The fourth-order valence-corrected chi connectivity index (χ4v) is 2.10. The molecule has 0 bridgehead atoms. The van der Waals surface area contributed by atoms with Crippen LogP contribution in [-0.2, 0) is 0 Å². The lowest BCUT2D eigenvalue weighted by Crippen LogP contribution is -1.87. The topological polar surface area (TPSA) is 20.2 Å². The van der Waals surface area contributed by atoms with Gasteiger partial charge in [0.25, 0.3) is 0 Å². The Kier molecular flexibility index (Phi) is 5.42. The third kappa shape index (κ3) is 3.97. The Morgan fingerprint density at radius 1 is 0.850 bits per heavy atom. The van der Waals surface area contributed by atoms with Crippen LogP contribution in [0, 0.1) is 0 Å². The number of halogens is 2. The molecule has 0 unspecified atom stereocenters. The summed E-state index contributed by atoms with van der Waals surface area (Å²) in [7, 11) is 0. The first-order valence-corrected chi connectivity index (χ1v) is 6.96. The Bertz CT molecular complexity index is 563. The molecule has 2 rings (SSSR count). The van der Waals surface area contributed by atoms with E-state index >= 15 is 0 Å². The van der Waals surface area contributed by atoms with Crippen LogP contribution >= 0.6 is 23.2 Å². The molecular weight excluding hydrogens is 291 g/mol. The quantitative estimate of drug-likeness (QED) is 0.790. The molecule has 0 heterocycles. The second-order valence-corrected chi connectivity index (χ2v) is 5.08. The molecule has 0 aromatic heterocycles. The molecule has 0 amide bonds. The molecule has 0 aliphatic rings. The van der Waals surface area contributed by atoms with E-state index in [1.807, 2.05) is 60.7 Å². The van der Waals surface area contributed by atoms with Gasteiger partial charge in [-0.25, -0.2) is 0 Å². The number of benzene rings is 2. The molecule has 0 saturated heterocycles. The lowest BCUT2D eigenvalue weighted by Gasteiger charge is -2.08. The minimum absolute atomic E-state index is 0.0189. The molecule has 2 aromatic rings. The molecule has 2 aromatic carbocycles. The summed E-state index contributed by atoms with van der Waals surface area (Å²) in [6.07, 6.45) is 5.48. The zero-order valence-corrected chi connectivity index (χ0v) is 12.3. The van der Waals surface area contributed by atoms with Crippen molar-refractivity contribution in [2.45, 2.75) is 0 Å². The summed E-state index contributed by atoms with van der Waals surface area (Å²) in [6.45, 7) is 0.0189. The summed E-state index contributed by atoms with van der Waals surface area (Å²) in [4.78, 5) is 0. The van der Waals surface area contributed by atoms with E-state index in [4.69, 9.17) is 28.3 Å². The van der Waals surface area contributed by atoms with Gasteiger partial charge in [0.05, 0.1) is 6.61 Å². The Morgan fingerprint density at radius 3 is 1.70 bits per heavy atom. The van der Waals surface area contributed by atoms with E-state index in [2.05, 4.69) is 0 Å². The molecule has 102 valence electrons. The van der Waals surface area contributed by atoms with Gasteiger partial charge < -0.3 is 5.11 Å². The van der Waals surface area contributed by atoms with E-state index in [1.54, 1.807) is 6.08 Å².